The van der Waals surface area contributed by atoms with Crippen molar-refractivity contribution in [2.75, 3.05) is 6.54 Å². The molecule has 0 aliphatic heterocycles. The summed E-state index contributed by atoms with van der Waals surface area (Å²) < 4.78 is 0. The molecule has 2 N–H and O–H groups in total. The number of hydrogen-bond donors (Lipinski definition) is 1. The van der Waals surface area contributed by atoms with E-state index >= 15 is 0 Å². The van der Waals surface area contributed by atoms with Gasteiger partial charge in [0, 0.05) is 0 Å². The quantitative estimate of drug-likeness (QED) is 0.649. The molecule has 0 saturated carbocycles. The molecule has 0 bridgehead atoms. The first-order valence-electron chi connectivity index (χ1n) is 4.38. The third-order valence-electron chi connectivity index (χ3n) is 1.76. The van der Waals surface area contributed by atoms with Crippen molar-refractivity contribution in [2.24, 2.45) is 17.6 Å². The molecule has 0 aliphatic rings. The summed E-state index contributed by atoms with van der Waals surface area (Å²) in [5, 5.41) is 0. The van der Waals surface area contributed by atoms with Crippen LogP contribution in [0.25, 0.3) is 0 Å². The topological polar surface area (TPSA) is 26.0 Å². The fourth-order valence-corrected chi connectivity index (χ4v) is 0.596. The van der Waals surface area contributed by atoms with E-state index in [1.807, 2.05) is 13.8 Å². The van der Waals surface area contributed by atoms with Gasteiger partial charge in [-0.2, -0.15) is 0 Å². The standard InChI is InChI=1S/C7H17N.C2H6/c1-6(2)7(3)4-5-8;1-2/h6-7H,4-5,8H2,1-3H3;1-2H3. The van der Waals surface area contributed by atoms with Gasteiger partial charge in [-0.3, -0.25) is 0 Å². The zero-order valence-electron chi connectivity index (χ0n) is 8.15. The van der Waals surface area contributed by atoms with E-state index in [1.165, 1.54) is 0 Å². The van der Waals surface area contributed by atoms with Gasteiger partial charge in [-0.15, -0.1) is 0 Å². The van der Waals surface area contributed by atoms with Crippen molar-refractivity contribution >= 4 is 0 Å². The second-order valence-electron chi connectivity index (χ2n) is 2.80. The van der Waals surface area contributed by atoms with E-state index in [2.05, 4.69) is 20.8 Å². The second kappa shape index (κ2) is 8.96. The lowest BCUT2D eigenvalue weighted by Crippen LogP contribution is -2.10. The van der Waals surface area contributed by atoms with Crippen LogP contribution in [-0.4, -0.2) is 6.54 Å². The lowest BCUT2D eigenvalue weighted by molar-refractivity contribution is 0.397. The Bertz CT molecular complexity index is 50.7. The van der Waals surface area contributed by atoms with Crippen LogP contribution in [0.5, 0.6) is 0 Å². The normalized spacial score (nSPS) is 12.3. The third-order valence-corrected chi connectivity index (χ3v) is 1.76. The first-order chi connectivity index (χ1) is 4.68. The monoisotopic (exact) mass is 145 g/mol. The predicted octanol–water partition coefficient (Wildman–Crippen LogP) is 2.65. The fraction of sp³-hybridized carbons (Fsp3) is 1.00. The molecule has 0 rings (SSSR count). The van der Waals surface area contributed by atoms with E-state index in [0.717, 1.165) is 24.8 Å². The van der Waals surface area contributed by atoms with Crippen molar-refractivity contribution in [3.8, 4) is 0 Å². The van der Waals surface area contributed by atoms with E-state index in [4.69, 9.17) is 5.73 Å². The van der Waals surface area contributed by atoms with E-state index in [1.54, 1.807) is 0 Å². The molecule has 0 aromatic heterocycles. The van der Waals surface area contributed by atoms with Crippen molar-refractivity contribution in [1.82, 2.24) is 0 Å². The van der Waals surface area contributed by atoms with Crippen LogP contribution >= 0.6 is 0 Å². The summed E-state index contributed by atoms with van der Waals surface area (Å²) in [6.45, 7) is 11.6. The first-order valence-corrected chi connectivity index (χ1v) is 4.38. The summed E-state index contributed by atoms with van der Waals surface area (Å²) in [4.78, 5) is 0. The largest absolute Gasteiger partial charge is 0.330 e. The summed E-state index contributed by atoms with van der Waals surface area (Å²) in [6, 6.07) is 0. The molecule has 10 heavy (non-hydrogen) atoms. The molecule has 1 unspecified atom stereocenters. The lowest BCUT2D eigenvalue weighted by atomic mass is 9.95. The molecule has 0 saturated heterocycles. The first kappa shape index (κ1) is 12.6. The Morgan fingerprint density at radius 3 is 1.60 bits per heavy atom. The minimum absolute atomic E-state index is 0.790. The molecule has 0 radical (unpaired) electrons. The Labute approximate surface area is 66.0 Å². The van der Waals surface area contributed by atoms with Gasteiger partial charge in [0.15, 0.2) is 0 Å². The van der Waals surface area contributed by atoms with Gasteiger partial charge in [-0.1, -0.05) is 34.6 Å². The maximum atomic E-state index is 5.37. The highest BCUT2D eigenvalue weighted by Crippen LogP contribution is 2.11. The van der Waals surface area contributed by atoms with Gasteiger partial charge in [-0.05, 0) is 24.8 Å². The predicted molar refractivity (Wildman–Crippen MR) is 49.0 cm³/mol. The van der Waals surface area contributed by atoms with Gasteiger partial charge >= 0.3 is 0 Å². The summed E-state index contributed by atoms with van der Waals surface area (Å²) in [5.41, 5.74) is 5.37. The summed E-state index contributed by atoms with van der Waals surface area (Å²) in [7, 11) is 0. The van der Waals surface area contributed by atoms with Gasteiger partial charge in [-0.25, -0.2) is 0 Å². The maximum absolute atomic E-state index is 5.37. The molecule has 1 atom stereocenters. The van der Waals surface area contributed by atoms with Crippen LogP contribution in [0.1, 0.15) is 41.0 Å². The maximum Gasteiger partial charge on any atom is -0.00746 e. The highest BCUT2D eigenvalue weighted by Gasteiger charge is 2.03. The fourth-order valence-electron chi connectivity index (χ4n) is 0.596. The van der Waals surface area contributed by atoms with Crippen LogP contribution in [0.4, 0.5) is 0 Å². The average Bonchev–Trinajstić information content (AvgIpc) is 1.93. The Kier molecular flexibility index (Phi) is 11.3. The Morgan fingerprint density at radius 2 is 1.50 bits per heavy atom. The second-order valence-corrected chi connectivity index (χ2v) is 2.80. The van der Waals surface area contributed by atoms with Crippen molar-refractivity contribution < 1.29 is 0 Å². The third kappa shape index (κ3) is 7.96. The number of hydrogen-bond acceptors (Lipinski definition) is 1. The molecule has 0 aromatic carbocycles. The molecule has 0 spiro atoms. The van der Waals surface area contributed by atoms with Crippen LogP contribution in [0.15, 0.2) is 0 Å². The van der Waals surface area contributed by atoms with Crippen LogP contribution in [0.2, 0.25) is 0 Å². The van der Waals surface area contributed by atoms with Crippen LogP contribution < -0.4 is 5.73 Å². The molecule has 0 fully saturated rings. The zero-order valence-corrected chi connectivity index (χ0v) is 8.15. The van der Waals surface area contributed by atoms with Crippen molar-refractivity contribution in [3.05, 3.63) is 0 Å². The van der Waals surface area contributed by atoms with E-state index in [9.17, 15) is 0 Å². The zero-order chi connectivity index (χ0) is 8.57. The van der Waals surface area contributed by atoms with Crippen LogP contribution in [0, 0.1) is 11.8 Å². The van der Waals surface area contributed by atoms with Gasteiger partial charge in [0.25, 0.3) is 0 Å². The van der Waals surface area contributed by atoms with Crippen molar-refractivity contribution in [3.63, 3.8) is 0 Å². The summed E-state index contributed by atoms with van der Waals surface area (Å²) >= 11 is 0. The highest BCUT2D eigenvalue weighted by atomic mass is 14.5. The number of rotatable bonds is 3. The van der Waals surface area contributed by atoms with E-state index in [0.29, 0.717) is 0 Å². The van der Waals surface area contributed by atoms with Gasteiger partial charge in [0.2, 0.25) is 0 Å². The smallest absolute Gasteiger partial charge is 0.00746 e. The Morgan fingerprint density at radius 1 is 1.10 bits per heavy atom. The molecule has 1 nitrogen and oxygen atoms in total. The van der Waals surface area contributed by atoms with E-state index < -0.39 is 0 Å². The molecule has 0 aliphatic carbocycles. The van der Waals surface area contributed by atoms with Crippen LogP contribution in [0.3, 0.4) is 0 Å². The molecule has 0 heterocycles. The molecule has 64 valence electrons. The summed E-state index contributed by atoms with van der Waals surface area (Å²) in [5.74, 6) is 1.58. The molecular formula is C9H23N. The Balaban J connectivity index is 0. The minimum Gasteiger partial charge on any atom is -0.330 e. The van der Waals surface area contributed by atoms with Crippen LogP contribution in [-0.2, 0) is 0 Å². The summed E-state index contributed by atoms with van der Waals surface area (Å²) in [6.07, 6.45) is 1.16. The molecule has 0 amide bonds. The molecule has 1 heteroatoms. The SMILES string of the molecule is CC.CC(C)C(C)CCN. The van der Waals surface area contributed by atoms with Gasteiger partial charge in [0.05, 0.1) is 0 Å². The Hall–Kier alpha value is -0.0400. The highest BCUT2D eigenvalue weighted by molar-refractivity contribution is 4.56. The number of nitrogens with two attached hydrogens (primary N) is 1. The minimum atomic E-state index is 0.790. The van der Waals surface area contributed by atoms with Gasteiger partial charge < -0.3 is 5.73 Å². The van der Waals surface area contributed by atoms with Gasteiger partial charge in [0.1, 0.15) is 0 Å². The van der Waals surface area contributed by atoms with Crippen molar-refractivity contribution in [1.29, 1.82) is 0 Å². The molecule has 0 aromatic rings. The molecular weight excluding hydrogens is 122 g/mol. The van der Waals surface area contributed by atoms with Crippen molar-refractivity contribution in [2.45, 2.75) is 41.0 Å². The average molecular weight is 145 g/mol. The van der Waals surface area contributed by atoms with E-state index in [-0.39, 0.29) is 0 Å². The lowest BCUT2D eigenvalue weighted by Gasteiger charge is -2.12.